The third-order valence-corrected chi connectivity index (χ3v) is 2.32. The first-order valence-electron chi connectivity index (χ1n) is 2.61. The van der Waals surface area contributed by atoms with Gasteiger partial charge in [0.25, 0.3) is 0 Å². The highest BCUT2D eigenvalue weighted by atomic mass is 32.2. The zero-order chi connectivity index (χ0) is 7.33. The lowest BCUT2D eigenvalue weighted by atomic mass is 10.9. The van der Waals surface area contributed by atoms with Crippen LogP contribution in [0.25, 0.3) is 0 Å². The maximum absolute atomic E-state index is 10.6. The summed E-state index contributed by atoms with van der Waals surface area (Å²) in [5, 5.41) is 0. The highest BCUT2D eigenvalue weighted by Gasteiger charge is 2.04. The van der Waals surface area contributed by atoms with E-state index in [0.717, 1.165) is 0 Å². The lowest BCUT2D eigenvalue weighted by Gasteiger charge is -1.97. The third-order valence-electron chi connectivity index (χ3n) is 0.909. The summed E-state index contributed by atoms with van der Waals surface area (Å²) in [4.78, 5) is 0. The molecule has 0 saturated carbocycles. The lowest BCUT2D eigenvalue weighted by molar-refractivity contribution is 0.217. The number of sulfone groups is 1. The number of methoxy groups -OCH3 is 1. The average molecular weight is 151 g/mol. The number of ether oxygens (including phenoxy) is 1. The fourth-order valence-electron chi connectivity index (χ4n) is 0.312. The Morgan fingerprint density at radius 1 is 1.56 bits per heavy atom. The van der Waals surface area contributed by atoms with Gasteiger partial charge in [0.15, 0.2) is 9.84 Å². The SMILES string of the molecule is [CH2]CS(=O)(=O)CCOC. The summed E-state index contributed by atoms with van der Waals surface area (Å²) in [5.74, 6) is 0.0311. The van der Waals surface area contributed by atoms with Gasteiger partial charge in [-0.1, -0.05) is 0 Å². The molecule has 9 heavy (non-hydrogen) atoms. The molecule has 0 aliphatic rings. The van der Waals surface area contributed by atoms with Gasteiger partial charge in [0.2, 0.25) is 0 Å². The van der Waals surface area contributed by atoms with Crippen LogP contribution >= 0.6 is 0 Å². The summed E-state index contributed by atoms with van der Waals surface area (Å²) in [6, 6.07) is 0. The van der Waals surface area contributed by atoms with Crippen molar-refractivity contribution >= 4 is 9.84 Å². The zero-order valence-electron chi connectivity index (χ0n) is 5.46. The third kappa shape index (κ3) is 4.42. The molecule has 0 aromatic carbocycles. The van der Waals surface area contributed by atoms with E-state index in [1.54, 1.807) is 0 Å². The van der Waals surface area contributed by atoms with Crippen molar-refractivity contribution in [2.45, 2.75) is 0 Å². The molecule has 0 aromatic rings. The van der Waals surface area contributed by atoms with Crippen LogP contribution in [0.2, 0.25) is 0 Å². The lowest BCUT2D eigenvalue weighted by Crippen LogP contribution is -2.12. The minimum absolute atomic E-state index is 0.0453. The number of rotatable bonds is 4. The Morgan fingerprint density at radius 2 is 2.11 bits per heavy atom. The van der Waals surface area contributed by atoms with Gasteiger partial charge in [0, 0.05) is 7.11 Å². The highest BCUT2D eigenvalue weighted by molar-refractivity contribution is 7.91. The molecular weight excluding hydrogens is 140 g/mol. The van der Waals surface area contributed by atoms with E-state index in [9.17, 15) is 8.42 Å². The maximum Gasteiger partial charge on any atom is 0.152 e. The molecule has 0 N–H and O–H groups in total. The van der Waals surface area contributed by atoms with Crippen LogP contribution in [-0.4, -0.2) is 33.6 Å². The van der Waals surface area contributed by atoms with E-state index in [1.165, 1.54) is 7.11 Å². The smallest absolute Gasteiger partial charge is 0.152 e. The van der Waals surface area contributed by atoms with Gasteiger partial charge in [-0.05, 0) is 6.92 Å². The summed E-state index contributed by atoms with van der Waals surface area (Å²) >= 11 is 0. The molecule has 0 saturated heterocycles. The van der Waals surface area contributed by atoms with E-state index >= 15 is 0 Å². The van der Waals surface area contributed by atoms with Gasteiger partial charge in [-0.2, -0.15) is 0 Å². The second-order valence-corrected chi connectivity index (χ2v) is 3.95. The van der Waals surface area contributed by atoms with E-state index in [-0.39, 0.29) is 18.1 Å². The Balaban J connectivity index is 3.61. The molecular formula is C5H11O3S. The van der Waals surface area contributed by atoms with E-state index < -0.39 is 9.84 Å². The van der Waals surface area contributed by atoms with Gasteiger partial charge in [0.1, 0.15) is 0 Å². The fourth-order valence-corrected chi connectivity index (χ4v) is 0.937. The summed E-state index contributed by atoms with van der Waals surface area (Å²) < 4.78 is 25.8. The number of hydrogen-bond donors (Lipinski definition) is 0. The van der Waals surface area contributed by atoms with E-state index in [0.29, 0.717) is 0 Å². The number of hydrogen-bond acceptors (Lipinski definition) is 3. The summed E-state index contributed by atoms with van der Waals surface area (Å²) in [6.07, 6.45) is 0. The highest BCUT2D eigenvalue weighted by Crippen LogP contribution is 1.87. The van der Waals surface area contributed by atoms with Crippen molar-refractivity contribution in [3.8, 4) is 0 Å². The summed E-state index contributed by atoms with van der Waals surface area (Å²) in [5.41, 5.74) is 0. The molecule has 0 fully saturated rings. The Morgan fingerprint density at radius 3 is 2.44 bits per heavy atom. The average Bonchev–Trinajstić information content (AvgIpc) is 1.84. The minimum Gasteiger partial charge on any atom is -0.384 e. The molecule has 3 nitrogen and oxygen atoms in total. The Labute approximate surface area is 55.9 Å². The molecule has 0 unspecified atom stereocenters. The normalized spacial score (nSPS) is 11.8. The van der Waals surface area contributed by atoms with Crippen molar-refractivity contribution in [1.82, 2.24) is 0 Å². The monoisotopic (exact) mass is 151 g/mol. The van der Waals surface area contributed by atoms with Gasteiger partial charge in [-0.3, -0.25) is 0 Å². The molecule has 0 spiro atoms. The Bertz CT molecular complexity index is 148. The summed E-state index contributed by atoms with van der Waals surface area (Å²) in [7, 11) is -1.45. The van der Waals surface area contributed by atoms with Crippen LogP contribution in [0.4, 0.5) is 0 Å². The molecule has 1 radical (unpaired) electrons. The second-order valence-electron chi connectivity index (χ2n) is 1.64. The molecule has 0 heterocycles. The Hall–Kier alpha value is -0.0900. The molecule has 0 atom stereocenters. The standard InChI is InChI=1S/C5H11O3S/c1-3-9(6,7)5-4-8-2/h1,3-5H2,2H3. The van der Waals surface area contributed by atoms with Crippen molar-refractivity contribution in [1.29, 1.82) is 0 Å². The van der Waals surface area contributed by atoms with Crippen LogP contribution in [0.15, 0.2) is 0 Å². The van der Waals surface area contributed by atoms with Crippen molar-refractivity contribution in [2.75, 3.05) is 25.2 Å². The quantitative estimate of drug-likeness (QED) is 0.562. The molecule has 0 aliphatic heterocycles. The van der Waals surface area contributed by atoms with Crippen molar-refractivity contribution < 1.29 is 13.2 Å². The first-order valence-corrected chi connectivity index (χ1v) is 4.43. The predicted octanol–water partition coefficient (Wildman–Crippen LogP) is -0.118. The van der Waals surface area contributed by atoms with Crippen LogP contribution in [0.1, 0.15) is 0 Å². The van der Waals surface area contributed by atoms with Gasteiger partial charge >= 0.3 is 0 Å². The first kappa shape index (κ1) is 8.91. The van der Waals surface area contributed by atoms with E-state index in [1.807, 2.05) is 0 Å². The molecule has 4 heteroatoms. The zero-order valence-corrected chi connectivity index (χ0v) is 6.28. The van der Waals surface area contributed by atoms with Crippen molar-refractivity contribution in [2.24, 2.45) is 0 Å². The van der Waals surface area contributed by atoms with E-state index in [4.69, 9.17) is 0 Å². The van der Waals surface area contributed by atoms with Crippen LogP contribution in [0.3, 0.4) is 0 Å². The molecule has 55 valence electrons. The van der Waals surface area contributed by atoms with Crippen molar-refractivity contribution in [3.63, 3.8) is 0 Å². The molecule has 0 amide bonds. The Kier molecular flexibility index (Phi) is 3.81. The van der Waals surface area contributed by atoms with Gasteiger partial charge in [-0.25, -0.2) is 8.42 Å². The van der Waals surface area contributed by atoms with Crippen LogP contribution < -0.4 is 0 Å². The minimum atomic E-state index is -2.92. The fraction of sp³-hybridized carbons (Fsp3) is 0.800. The molecule has 0 aromatic heterocycles. The second kappa shape index (κ2) is 3.85. The summed E-state index contributed by atoms with van der Waals surface area (Å²) in [6.45, 7) is 3.53. The molecule has 0 bridgehead atoms. The van der Waals surface area contributed by atoms with Gasteiger partial charge in [-0.15, -0.1) is 0 Å². The van der Waals surface area contributed by atoms with Gasteiger partial charge in [0.05, 0.1) is 18.1 Å². The molecule has 0 rings (SSSR count). The first-order chi connectivity index (χ1) is 4.12. The maximum atomic E-state index is 10.6. The van der Waals surface area contributed by atoms with E-state index in [2.05, 4.69) is 11.7 Å². The van der Waals surface area contributed by atoms with Crippen LogP contribution in [0.5, 0.6) is 0 Å². The van der Waals surface area contributed by atoms with Gasteiger partial charge < -0.3 is 4.74 Å². The predicted molar refractivity (Wildman–Crippen MR) is 35.9 cm³/mol. The molecule has 0 aliphatic carbocycles. The van der Waals surface area contributed by atoms with Crippen LogP contribution in [0, 0.1) is 6.92 Å². The van der Waals surface area contributed by atoms with Crippen LogP contribution in [-0.2, 0) is 14.6 Å². The topological polar surface area (TPSA) is 43.4 Å². The largest absolute Gasteiger partial charge is 0.384 e. The van der Waals surface area contributed by atoms with Crippen molar-refractivity contribution in [3.05, 3.63) is 6.92 Å².